The highest BCUT2D eigenvalue weighted by Crippen LogP contribution is 2.34. The van der Waals surface area contributed by atoms with E-state index in [1.807, 2.05) is 0 Å². The number of nitrogens with one attached hydrogen (secondary N) is 1. The number of nitrogens with zero attached hydrogens (tertiary/aromatic N) is 1. The second-order valence-electron chi connectivity index (χ2n) is 7.25. The predicted octanol–water partition coefficient (Wildman–Crippen LogP) is 6.37. The Labute approximate surface area is 197 Å². The molecule has 0 saturated carbocycles. The summed E-state index contributed by atoms with van der Waals surface area (Å²) in [6.45, 7) is -0.766. The monoisotopic (exact) mass is 484 g/mol. The molecular weight excluding hydrogens is 469 g/mol. The molecule has 0 spiro atoms. The van der Waals surface area contributed by atoms with Crippen LogP contribution in [0.15, 0.2) is 78.9 Å². The number of ether oxygens (including phenoxy) is 1. The Balaban J connectivity index is 1.55. The number of hydrogen-bond donors (Lipinski definition) is 1. The van der Waals surface area contributed by atoms with Gasteiger partial charge in [0.1, 0.15) is 0 Å². The molecule has 0 aliphatic heterocycles. The van der Waals surface area contributed by atoms with E-state index < -0.39 is 35.9 Å². The fraction of sp³-hybridized carbons (Fsp3) is 0.0800. The highest BCUT2D eigenvalue weighted by Gasteiger charge is 2.33. The topological polar surface area (TPSA) is 68.3 Å². The molecule has 9 heteroatoms. The Kier molecular flexibility index (Phi) is 6.51. The second kappa shape index (κ2) is 9.52. The first kappa shape index (κ1) is 23.3. The molecule has 4 aromatic rings. The van der Waals surface area contributed by atoms with Gasteiger partial charge in [-0.2, -0.15) is 13.2 Å². The number of benzene rings is 3. The van der Waals surface area contributed by atoms with Crippen LogP contribution in [0.5, 0.6) is 0 Å². The van der Waals surface area contributed by atoms with Gasteiger partial charge in [-0.25, -0.2) is 9.78 Å². The summed E-state index contributed by atoms with van der Waals surface area (Å²) in [5.41, 5.74) is 0.485. The van der Waals surface area contributed by atoms with Crippen LogP contribution >= 0.6 is 11.6 Å². The van der Waals surface area contributed by atoms with Gasteiger partial charge < -0.3 is 10.1 Å². The molecule has 1 aromatic heterocycles. The summed E-state index contributed by atoms with van der Waals surface area (Å²) in [5, 5.41) is 3.19. The number of rotatable bonds is 5. The second-order valence-corrected chi connectivity index (χ2v) is 7.68. The number of fused-ring (bicyclic) bond motifs is 1. The zero-order valence-corrected chi connectivity index (χ0v) is 18.2. The molecule has 0 bridgehead atoms. The van der Waals surface area contributed by atoms with Gasteiger partial charge in [-0.3, -0.25) is 4.79 Å². The van der Waals surface area contributed by atoms with Gasteiger partial charge in [0.25, 0.3) is 5.91 Å². The largest absolute Gasteiger partial charge is 0.452 e. The number of anilines is 1. The molecule has 0 unspecified atom stereocenters. The maximum Gasteiger partial charge on any atom is 0.418 e. The van der Waals surface area contributed by atoms with Crippen LogP contribution in [0.1, 0.15) is 15.9 Å². The molecule has 4 rings (SSSR count). The molecule has 0 aliphatic rings. The van der Waals surface area contributed by atoms with Crippen molar-refractivity contribution in [1.82, 2.24) is 4.98 Å². The van der Waals surface area contributed by atoms with Crippen molar-refractivity contribution in [3.8, 4) is 11.3 Å². The summed E-state index contributed by atoms with van der Waals surface area (Å²) in [6, 6.07) is 19.9. The standard InChI is InChI=1S/C25H16ClF3N2O3/c26-16-11-9-15(10-12-16)22-13-18(17-5-1-3-7-20(17)30-22)24(33)34-14-23(32)31-21-8-4-2-6-19(21)25(27,28)29/h1-13H,14H2,(H,31,32). The quantitative estimate of drug-likeness (QED) is 0.334. The van der Waals surface area contributed by atoms with Crippen molar-refractivity contribution in [2.45, 2.75) is 6.18 Å². The van der Waals surface area contributed by atoms with Crippen molar-refractivity contribution in [1.29, 1.82) is 0 Å². The summed E-state index contributed by atoms with van der Waals surface area (Å²) in [6.07, 6.45) is -4.64. The molecule has 3 aromatic carbocycles. The normalized spacial score (nSPS) is 11.3. The number of esters is 1. The lowest BCUT2D eigenvalue weighted by molar-refractivity contribution is -0.137. The molecule has 1 N–H and O–H groups in total. The van der Waals surface area contributed by atoms with E-state index in [4.69, 9.17) is 16.3 Å². The molecular formula is C25H16ClF3N2O3. The first-order valence-electron chi connectivity index (χ1n) is 10.0. The lowest BCUT2D eigenvalue weighted by atomic mass is 10.0. The average molecular weight is 485 g/mol. The fourth-order valence-corrected chi connectivity index (χ4v) is 3.47. The Morgan fingerprint density at radius 3 is 2.35 bits per heavy atom. The Bertz CT molecular complexity index is 1370. The van der Waals surface area contributed by atoms with Crippen molar-refractivity contribution >= 4 is 40.1 Å². The number of hydrogen-bond acceptors (Lipinski definition) is 4. The number of halogens is 4. The minimum absolute atomic E-state index is 0.166. The zero-order chi connectivity index (χ0) is 24.3. The van der Waals surface area contributed by atoms with Gasteiger partial charge in [0.15, 0.2) is 6.61 Å². The van der Waals surface area contributed by atoms with E-state index in [-0.39, 0.29) is 5.56 Å². The third-order valence-electron chi connectivity index (χ3n) is 4.92. The van der Waals surface area contributed by atoms with Crippen molar-refractivity contribution in [2.24, 2.45) is 0 Å². The summed E-state index contributed by atoms with van der Waals surface area (Å²) in [4.78, 5) is 29.6. The van der Waals surface area contributed by atoms with Crippen LogP contribution in [0.25, 0.3) is 22.2 Å². The summed E-state index contributed by atoms with van der Waals surface area (Å²) < 4.78 is 44.5. The molecule has 172 valence electrons. The maximum absolute atomic E-state index is 13.1. The molecule has 34 heavy (non-hydrogen) atoms. The Morgan fingerprint density at radius 2 is 1.62 bits per heavy atom. The predicted molar refractivity (Wildman–Crippen MR) is 123 cm³/mol. The number of alkyl halides is 3. The van der Waals surface area contributed by atoms with Crippen LogP contribution < -0.4 is 5.32 Å². The smallest absolute Gasteiger partial charge is 0.418 e. The van der Waals surface area contributed by atoms with Gasteiger partial charge in [0.05, 0.1) is 28.0 Å². The lowest BCUT2D eigenvalue weighted by Crippen LogP contribution is -2.23. The lowest BCUT2D eigenvalue weighted by Gasteiger charge is -2.14. The minimum atomic E-state index is -4.64. The van der Waals surface area contributed by atoms with Crippen LogP contribution in [-0.4, -0.2) is 23.5 Å². The van der Waals surface area contributed by atoms with Gasteiger partial charge in [0.2, 0.25) is 0 Å². The van der Waals surface area contributed by atoms with Gasteiger partial charge in [-0.05, 0) is 36.4 Å². The highest BCUT2D eigenvalue weighted by molar-refractivity contribution is 6.30. The van der Waals surface area contributed by atoms with Crippen molar-refractivity contribution in [2.75, 3.05) is 11.9 Å². The molecule has 0 radical (unpaired) electrons. The SMILES string of the molecule is O=C(COC(=O)c1cc(-c2ccc(Cl)cc2)nc2ccccc12)Nc1ccccc1C(F)(F)F. The van der Waals surface area contributed by atoms with Crippen LogP contribution in [-0.2, 0) is 15.7 Å². The van der Waals surface area contributed by atoms with E-state index in [2.05, 4.69) is 10.3 Å². The first-order valence-corrected chi connectivity index (χ1v) is 10.4. The fourth-order valence-electron chi connectivity index (χ4n) is 3.35. The van der Waals surface area contributed by atoms with E-state index in [9.17, 15) is 22.8 Å². The first-order chi connectivity index (χ1) is 16.2. The maximum atomic E-state index is 13.1. The zero-order valence-electron chi connectivity index (χ0n) is 17.4. The van der Waals surface area contributed by atoms with E-state index in [1.54, 1.807) is 48.5 Å². The van der Waals surface area contributed by atoms with Crippen molar-refractivity contribution < 1.29 is 27.5 Å². The van der Waals surface area contributed by atoms with Gasteiger partial charge in [-0.1, -0.05) is 54.1 Å². The van der Waals surface area contributed by atoms with Crippen LogP contribution in [0.3, 0.4) is 0 Å². The number of carbonyl (C=O) groups excluding carboxylic acids is 2. The Hall–Kier alpha value is -3.91. The molecule has 1 heterocycles. The van der Waals surface area contributed by atoms with Crippen LogP contribution in [0, 0.1) is 0 Å². The minimum Gasteiger partial charge on any atom is -0.452 e. The molecule has 5 nitrogen and oxygen atoms in total. The molecule has 0 saturated heterocycles. The van der Waals surface area contributed by atoms with Crippen molar-refractivity contribution in [3.05, 3.63) is 95.0 Å². The van der Waals surface area contributed by atoms with E-state index in [0.717, 1.165) is 12.1 Å². The number of para-hydroxylation sites is 2. The number of carbonyl (C=O) groups is 2. The summed E-state index contributed by atoms with van der Waals surface area (Å²) in [7, 11) is 0. The van der Waals surface area contributed by atoms with Gasteiger partial charge in [0, 0.05) is 16.0 Å². The number of amides is 1. The van der Waals surface area contributed by atoms with Gasteiger partial charge in [-0.15, -0.1) is 0 Å². The van der Waals surface area contributed by atoms with Gasteiger partial charge >= 0.3 is 12.1 Å². The van der Waals surface area contributed by atoms with E-state index in [0.29, 0.717) is 27.2 Å². The van der Waals surface area contributed by atoms with Crippen molar-refractivity contribution in [3.63, 3.8) is 0 Å². The molecule has 0 fully saturated rings. The third-order valence-corrected chi connectivity index (χ3v) is 5.17. The van der Waals surface area contributed by atoms with E-state index >= 15 is 0 Å². The van der Waals surface area contributed by atoms with Crippen LogP contribution in [0.4, 0.5) is 18.9 Å². The number of aromatic nitrogens is 1. The Morgan fingerprint density at radius 1 is 0.941 bits per heavy atom. The highest BCUT2D eigenvalue weighted by atomic mass is 35.5. The molecule has 0 atom stereocenters. The van der Waals surface area contributed by atoms with Crippen LogP contribution in [0.2, 0.25) is 5.02 Å². The number of pyridine rings is 1. The molecule has 0 aliphatic carbocycles. The summed E-state index contributed by atoms with van der Waals surface area (Å²) >= 11 is 5.94. The van der Waals surface area contributed by atoms with E-state index in [1.165, 1.54) is 18.2 Å². The molecule has 1 amide bonds. The summed E-state index contributed by atoms with van der Waals surface area (Å²) in [5.74, 6) is -1.71. The third kappa shape index (κ3) is 5.18. The average Bonchev–Trinajstić information content (AvgIpc) is 2.82.